The number of rotatable bonds is 4. The molecule has 4 bridgehead atoms. The van der Waals surface area contributed by atoms with Crippen LogP contribution in [0.5, 0.6) is 0 Å². The SMILES string of the molecule is NC1(CNC(=O)N2CC(=O)N(CCC(F)(F)F)C2)C2CC3CC(C2)CC1C3. The molecular formula is C18H27F3N4O2. The maximum atomic E-state index is 12.5. The van der Waals surface area contributed by atoms with Crippen molar-refractivity contribution in [2.24, 2.45) is 29.4 Å². The van der Waals surface area contributed by atoms with Crippen molar-refractivity contribution < 1.29 is 22.8 Å². The van der Waals surface area contributed by atoms with E-state index in [1.165, 1.54) is 11.3 Å². The van der Waals surface area contributed by atoms with E-state index in [0.717, 1.165) is 42.4 Å². The summed E-state index contributed by atoms with van der Waals surface area (Å²) in [4.78, 5) is 26.7. The molecule has 4 saturated carbocycles. The highest BCUT2D eigenvalue weighted by Crippen LogP contribution is 2.57. The van der Waals surface area contributed by atoms with Gasteiger partial charge in [-0.15, -0.1) is 0 Å². The summed E-state index contributed by atoms with van der Waals surface area (Å²) in [5.74, 6) is 1.96. The number of halogens is 3. The molecule has 0 atom stereocenters. The lowest BCUT2D eigenvalue weighted by atomic mass is 9.49. The predicted octanol–water partition coefficient (Wildman–Crippen LogP) is 1.90. The Kier molecular flexibility index (Phi) is 4.56. The van der Waals surface area contributed by atoms with E-state index in [-0.39, 0.29) is 13.2 Å². The Morgan fingerprint density at radius 3 is 2.30 bits per heavy atom. The maximum Gasteiger partial charge on any atom is 0.390 e. The Morgan fingerprint density at radius 1 is 1.15 bits per heavy atom. The fraction of sp³-hybridized carbons (Fsp3) is 0.889. The van der Waals surface area contributed by atoms with Crippen LogP contribution in [0.4, 0.5) is 18.0 Å². The van der Waals surface area contributed by atoms with Crippen molar-refractivity contribution in [2.75, 3.05) is 26.3 Å². The molecule has 5 rings (SSSR count). The quantitative estimate of drug-likeness (QED) is 0.772. The summed E-state index contributed by atoms with van der Waals surface area (Å²) in [6, 6.07) is -0.420. The van der Waals surface area contributed by atoms with Crippen LogP contribution in [-0.2, 0) is 4.79 Å². The largest absolute Gasteiger partial charge is 0.390 e. The summed E-state index contributed by atoms with van der Waals surface area (Å²) in [5, 5.41) is 2.87. The monoisotopic (exact) mass is 388 g/mol. The number of nitrogens with one attached hydrogen (secondary N) is 1. The van der Waals surface area contributed by atoms with E-state index in [1.54, 1.807) is 0 Å². The van der Waals surface area contributed by atoms with Crippen LogP contribution < -0.4 is 11.1 Å². The van der Waals surface area contributed by atoms with Crippen LogP contribution in [0.1, 0.15) is 38.5 Å². The maximum absolute atomic E-state index is 12.5. The zero-order valence-electron chi connectivity index (χ0n) is 15.3. The molecule has 1 saturated heterocycles. The van der Waals surface area contributed by atoms with Gasteiger partial charge in [-0.3, -0.25) is 9.69 Å². The predicted molar refractivity (Wildman–Crippen MR) is 91.3 cm³/mol. The zero-order valence-corrected chi connectivity index (χ0v) is 15.3. The van der Waals surface area contributed by atoms with Crippen LogP contribution in [0, 0.1) is 23.7 Å². The van der Waals surface area contributed by atoms with E-state index in [0.29, 0.717) is 18.4 Å². The standard InChI is InChI=1S/C18H27F3N4O2/c19-18(20,21)1-2-24-10-25(8-15(24)26)16(27)23-9-17(22)13-4-11-3-12(6-13)7-14(17)5-11/h11-14H,1-10,22H2,(H,23,27). The number of hydrogen-bond acceptors (Lipinski definition) is 3. The molecule has 0 spiro atoms. The molecule has 0 radical (unpaired) electrons. The molecule has 0 unspecified atom stereocenters. The number of nitrogens with zero attached hydrogens (tertiary/aromatic N) is 2. The van der Waals surface area contributed by atoms with Crippen LogP contribution in [0.25, 0.3) is 0 Å². The van der Waals surface area contributed by atoms with Crippen molar-refractivity contribution >= 4 is 11.9 Å². The summed E-state index contributed by atoms with van der Waals surface area (Å²) in [6.07, 6.45) is 0.464. The Hall–Kier alpha value is -1.51. The van der Waals surface area contributed by atoms with Gasteiger partial charge in [0.1, 0.15) is 6.54 Å². The number of carbonyl (C=O) groups excluding carboxylic acids is 2. The Balaban J connectivity index is 1.30. The van der Waals surface area contributed by atoms with E-state index in [4.69, 9.17) is 5.73 Å². The minimum Gasteiger partial charge on any atom is -0.336 e. The lowest BCUT2D eigenvalue weighted by Gasteiger charge is -2.59. The summed E-state index contributed by atoms with van der Waals surface area (Å²) in [7, 11) is 0. The summed E-state index contributed by atoms with van der Waals surface area (Å²) < 4.78 is 37.1. The Labute approximate surface area is 156 Å². The molecule has 3 N–H and O–H groups in total. The molecule has 0 aromatic carbocycles. The van der Waals surface area contributed by atoms with Gasteiger partial charge < -0.3 is 16.0 Å². The number of urea groups is 1. The highest BCUT2D eigenvalue weighted by Gasteiger charge is 2.55. The molecule has 152 valence electrons. The van der Waals surface area contributed by atoms with Crippen molar-refractivity contribution in [2.45, 2.75) is 50.2 Å². The first-order valence-electron chi connectivity index (χ1n) is 9.80. The minimum absolute atomic E-state index is 0.102. The number of nitrogens with two attached hydrogens (primary N) is 1. The number of carbonyl (C=O) groups is 2. The molecule has 6 nitrogen and oxygen atoms in total. The molecule has 0 aromatic heterocycles. The summed E-state index contributed by atoms with van der Waals surface area (Å²) in [6.45, 7) is -0.332. The van der Waals surface area contributed by atoms with Crippen molar-refractivity contribution in [1.82, 2.24) is 15.1 Å². The fourth-order valence-corrected chi connectivity index (χ4v) is 5.88. The van der Waals surface area contributed by atoms with Crippen molar-refractivity contribution in [3.8, 4) is 0 Å². The molecular weight excluding hydrogens is 361 g/mol. The van der Waals surface area contributed by atoms with Gasteiger partial charge in [-0.2, -0.15) is 13.2 Å². The van der Waals surface area contributed by atoms with Crippen LogP contribution >= 0.6 is 0 Å². The van der Waals surface area contributed by atoms with Gasteiger partial charge in [-0.25, -0.2) is 4.79 Å². The molecule has 1 heterocycles. The average Bonchev–Trinajstić information content (AvgIpc) is 2.95. The van der Waals surface area contributed by atoms with Gasteiger partial charge in [-0.1, -0.05) is 0 Å². The molecule has 5 fully saturated rings. The van der Waals surface area contributed by atoms with Gasteiger partial charge in [0.05, 0.1) is 13.1 Å². The van der Waals surface area contributed by atoms with E-state index < -0.39 is 36.6 Å². The first-order chi connectivity index (χ1) is 12.6. The van der Waals surface area contributed by atoms with E-state index in [1.807, 2.05) is 0 Å². The Bertz CT molecular complexity index is 596. The minimum atomic E-state index is -4.32. The van der Waals surface area contributed by atoms with Gasteiger partial charge in [0.2, 0.25) is 5.91 Å². The molecule has 5 aliphatic rings. The van der Waals surface area contributed by atoms with Crippen LogP contribution in [0.2, 0.25) is 0 Å². The molecule has 1 aliphatic heterocycles. The third-order valence-corrected chi connectivity index (χ3v) is 7.18. The molecule has 4 aliphatic carbocycles. The first-order valence-corrected chi connectivity index (χ1v) is 9.80. The second-order valence-corrected chi connectivity index (χ2v) is 8.94. The van der Waals surface area contributed by atoms with Crippen LogP contribution in [-0.4, -0.2) is 59.8 Å². The first kappa shape index (κ1) is 18.8. The van der Waals surface area contributed by atoms with Gasteiger partial charge in [0.15, 0.2) is 0 Å². The topological polar surface area (TPSA) is 78.7 Å². The van der Waals surface area contributed by atoms with E-state index >= 15 is 0 Å². The van der Waals surface area contributed by atoms with Crippen LogP contribution in [0.3, 0.4) is 0 Å². The lowest BCUT2D eigenvalue weighted by Crippen LogP contribution is -2.67. The Morgan fingerprint density at radius 2 is 1.74 bits per heavy atom. The highest BCUT2D eigenvalue weighted by atomic mass is 19.4. The van der Waals surface area contributed by atoms with Crippen molar-refractivity contribution in [1.29, 1.82) is 0 Å². The van der Waals surface area contributed by atoms with Crippen molar-refractivity contribution in [3.63, 3.8) is 0 Å². The second-order valence-electron chi connectivity index (χ2n) is 8.94. The number of alkyl halides is 3. The molecule has 3 amide bonds. The second kappa shape index (κ2) is 6.53. The summed E-state index contributed by atoms with van der Waals surface area (Å²) >= 11 is 0. The third kappa shape index (κ3) is 3.62. The lowest BCUT2D eigenvalue weighted by molar-refractivity contribution is -0.142. The van der Waals surface area contributed by atoms with E-state index in [2.05, 4.69) is 5.32 Å². The van der Waals surface area contributed by atoms with Gasteiger partial charge >= 0.3 is 12.2 Å². The van der Waals surface area contributed by atoms with Crippen molar-refractivity contribution in [3.05, 3.63) is 0 Å². The molecule has 27 heavy (non-hydrogen) atoms. The molecule has 9 heteroatoms. The highest BCUT2D eigenvalue weighted by molar-refractivity contribution is 5.87. The molecule has 0 aromatic rings. The zero-order chi connectivity index (χ0) is 19.4. The van der Waals surface area contributed by atoms with Crippen LogP contribution in [0.15, 0.2) is 0 Å². The van der Waals surface area contributed by atoms with E-state index in [9.17, 15) is 22.8 Å². The normalized spacial score (nSPS) is 38.0. The van der Waals surface area contributed by atoms with Gasteiger partial charge in [-0.05, 0) is 55.8 Å². The fourth-order valence-electron chi connectivity index (χ4n) is 5.88. The number of amides is 3. The third-order valence-electron chi connectivity index (χ3n) is 7.18. The van der Waals surface area contributed by atoms with Gasteiger partial charge in [0, 0.05) is 18.6 Å². The summed E-state index contributed by atoms with van der Waals surface area (Å²) in [5.41, 5.74) is 6.35. The van der Waals surface area contributed by atoms with Gasteiger partial charge in [0.25, 0.3) is 0 Å². The smallest absolute Gasteiger partial charge is 0.336 e. The average molecular weight is 388 g/mol. The number of hydrogen-bond donors (Lipinski definition) is 2.